The molecule has 142 valence electrons. The van der Waals surface area contributed by atoms with Crippen molar-refractivity contribution in [3.63, 3.8) is 0 Å². The first-order valence-corrected chi connectivity index (χ1v) is 9.82. The molecule has 0 N–H and O–H groups in total. The average Bonchev–Trinajstić information content (AvgIpc) is 3.36. The summed E-state index contributed by atoms with van der Waals surface area (Å²) in [4.78, 5) is 4.64. The lowest BCUT2D eigenvalue weighted by Gasteiger charge is -2.07. The SMILES string of the molecule is COc1cccc(-n2cnnc2SCc2coc(-c3ccc(C)cc3C)n2)c1. The number of thioether (sulfide) groups is 1. The molecular weight excluding hydrogens is 372 g/mol. The number of aromatic nitrogens is 4. The Bertz CT molecular complexity index is 1100. The minimum absolute atomic E-state index is 0.636. The molecule has 0 spiro atoms. The van der Waals surface area contributed by atoms with Crippen LogP contribution < -0.4 is 4.74 Å². The van der Waals surface area contributed by atoms with Gasteiger partial charge < -0.3 is 9.15 Å². The predicted molar refractivity (Wildman–Crippen MR) is 109 cm³/mol. The minimum Gasteiger partial charge on any atom is -0.497 e. The molecular formula is C21H20N4O2S. The van der Waals surface area contributed by atoms with E-state index in [1.54, 1.807) is 31.5 Å². The lowest BCUT2D eigenvalue weighted by atomic mass is 10.1. The quantitative estimate of drug-likeness (QED) is 0.438. The number of oxazole rings is 1. The summed E-state index contributed by atoms with van der Waals surface area (Å²) < 4.78 is 12.9. The summed E-state index contributed by atoms with van der Waals surface area (Å²) in [6, 6.07) is 14.0. The van der Waals surface area contributed by atoms with Crippen molar-refractivity contribution in [1.29, 1.82) is 0 Å². The molecule has 2 heterocycles. The van der Waals surface area contributed by atoms with E-state index in [4.69, 9.17) is 9.15 Å². The highest BCUT2D eigenvalue weighted by atomic mass is 32.2. The van der Waals surface area contributed by atoms with Gasteiger partial charge in [-0.2, -0.15) is 0 Å². The highest BCUT2D eigenvalue weighted by molar-refractivity contribution is 7.98. The normalized spacial score (nSPS) is 11.0. The van der Waals surface area contributed by atoms with Gasteiger partial charge in [-0.1, -0.05) is 35.5 Å². The standard InChI is InChI=1S/C21H20N4O2S/c1-14-7-8-19(15(2)9-14)20-23-16(11-27-20)12-28-21-24-22-13-25(21)17-5-4-6-18(10-17)26-3/h4-11,13H,12H2,1-3H3. The van der Waals surface area contributed by atoms with Gasteiger partial charge in [-0.3, -0.25) is 4.57 Å². The van der Waals surface area contributed by atoms with E-state index in [0.29, 0.717) is 11.6 Å². The average molecular weight is 392 g/mol. The van der Waals surface area contributed by atoms with Gasteiger partial charge in [0.25, 0.3) is 0 Å². The van der Waals surface area contributed by atoms with E-state index in [-0.39, 0.29) is 0 Å². The third-order valence-electron chi connectivity index (χ3n) is 4.36. The van der Waals surface area contributed by atoms with Crippen LogP contribution in [0, 0.1) is 13.8 Å². The Labute approximate surface area is 167 Å². The fraction of sp³-hybridized carbons (Fsp3) is 0.190. The van der Waals surface area contributed by atoms with Crippen molar-refractivity contribution in [3.8, 4) is 22.9 Å². The molecule has 0 aliphatic heterocycles. The number of nitrogens with zero attached hydrogens (tertiary/aromatic N) is 4. The summed E-state index contributed by atoms with van der Waals surface area (Å²) in [5, 5.41) is 9.06. The van der Waals surface area contributed by atoms with Crippen LogP contribution in [0.5, 0.6) is 5.75 Å². The zero-order valence-corrected chi connectivity index (χ0v) is 16.7. The molecule has 0 unspecified atom stereocenters. The lowest BCUT2D eigenvalue weighted by molar-refractivity contribution is 0.414. The van der Waals surface area contributed by atoms with Gasteiger partial charge in [0.2, 0.25) is 5.89 Å². The molecule has 0 aliphatic carbocycles. The molecule has 0 atom stereocenters. The summed E-state index contributed by atoms with van der Waals surface area (Å²) in [5.41, 5.74) is 5.20. The van der Waals surface area contributed by atoms with Gasteiger partial charge in [0.15, 0.2) is 5.16 Å². The van der Waals surface area contributed by atoms with Crippen LogP contribution in [0.25, 0.3) is 17.1 Å². The Morgan fingerprint density at radius 1 is 1.14 bits per heavy atom. The smallest absolute Gasteiger partial charge is 0.226 e. The fourth-order valence-electron chi connectivity index (χ4n) is 2.95. The number of aryl methyl sites for hydroxylation is 2. The monoisotopic (exact) mass is 392 g/mol. The molecule has 2 aromatic carbocycles. The summed E-state index contributed by atoms with van der Waals surface area (Å²) in [5.74, 6) is 2.07. The molecule has 2 aromatic heterocycles. The third-order valence-corrected chi connectivity index (χ3v) is 5.34. The molecule has 4 aromatic rings. The zero-order valence-electron chi connectivity index (χ0n) is 15.9. The zero-order chi connectivity index (χ0) is 19.5. The lowest BCUT2D eigenvalue weighted by Crippen LogP contribution is -1.96. The largest absolute Gasteiger partial charge is 0.497 e. The number of hydrogen-bond donors (Lipinski definition) is 0. The topological polar surface area (TPSA) is 66.0 Å². The minimum atomic E-state index is 0.636. The molecule has 0 amide bonds. The first kappa shape index (κ1) is 18.3. The predicted octanol–water partition coefficient (Wildman–Crippen LogP) is 4.84. The first-order chi connectivity index (χ1) is 13.6. The van der Waals surface area contributed by atoms with Gasteiger partial charge in [0.05, 0.1) is 18.5 Å². The van der Waals surface area contributed by atoms with Crippen LogP contribution in [0.4, 0.5) is 0 Å². The second-order valence-corrected chi connectivity index (χ2v) is 7.38. The Morgan fingerprint density at radius 3 is 2.86 bits per heavy atom. The van der Waals surface area contributed by atoms with Crippen LogP contribution >= 0.6 is 11.8 Å². The molecule has 28 heavy (non-hydrogen) atoms. The summed E-state index contributed by atoms with van der Waals surface area (Å²) in [6.07, 6.45) is 3.40. The van der Waals surface area contributed by atoms with Gasteiger partial charge in [0.1, 0.15) is 18.3 Å². The van der Waals surface area contributed by atoms with Crippen molar-refractivity contribution < 1.29 is 9.15 Å². The Hall–Kier alpha value is -3.06. The van der Waals surface area contributed by atoms with Crippen molar-refractivity contribution in [2.75, 3.05) is 7.11 Å². The van der Waals surface area contributed by atoms with Crippen LogP contribution in [-0.2, 0) is 5.75 Å². The number of rotatable bonds is 6. The van der Waals surface area contributed by atoms with Crippen molar-refractivity contribution >= 4 is 11.8 Å². The van der Waals surface area contributed by atoms with Crippen LogP contribution in [0.3, 0.4) is 0 Å². The van der Waals surface area contributed by atoms with Crippen LogP contribution in [0.15, 0.2) is 64.6 Å². The van der Waals surface area contributed by atoms with E-state index in [9.17, 15) is 0 Å². The third kappa shape index (κ3) is 3.80. The molecule has 0 radical (unpaired) electrons. The molecule has 0 bridgehead atoms. The van der Waals surface area contributed by atoms with Gasteiger partial charge >= 0.3 is 0 Å². The van der Waals surface area contributed by atoms with Crippen LogP contribution in [0.2, 0.25) is 0 Å². The van der Waals surface area contributed by atoms with E-state index in [1.807, 2.05) is 34.9 Å². The van der Waals surface area contributed by atoms with E-state index >= 15 is 0 Å². The highest BCUT2D eigenvalue weighted by Crippen LogP contribution is 2.28. The molecule has 0 aliphatic rings. The second-order valence-electron chi connectivity index (χ2n) is 6.44. The Kier molecular flexibility index (Phi) is 5.16. The number of ether oxygens (including phenoxy) is 1. The number of hydrogen-bond acceptors (Lipinski definition) is 6. The molecule has 4 rings (SSSR count). The Balaban J connectivity index is 1.50. The molecule has 0 saturated heterocycles. The maximum Gasteiger partial charge on any atom is 0.226 e. The number of methoxy groups -OCH3 is 1. The van der Waals surface area contributed by atoms with Crippen molar-refractivity contribution in [2.24, 2.45) is 0 Å². The van der Waals surface area contributed by atoms with Gasteiger partial charge in [-0.25, -0.2) is 4.98 Å². The first-order valence-electron chi connectivity index (χ1n) is 8.83. The van der Waals surface area contributed by atoms with Crippen molar-refractivity contribution in [3.05, 3.63) is 71.9 Å². The van der Waals surface area contributed by atoms with E-state index in [1.165, 1.54) is 5.56 Å². The second kappa shape index (κ2) is 7.90. The van der Waals surface area contributed by atoms with E-state index in [2.05, 4.69) is 41.2 Å². The van der Waals surface area contributed by atoms with Crippen LogP contribution in [-0.4, -0.2) is 26.9 Å². The van der Waals surface area contributed by atoms with Crippen LogP contribution in [0.1, 0.15) is 16.8 Å². The molecule has 0 saturated carbocycles. The van der Waals surface area contributed by atoms with Gasteiger partial charge in [0, 0.05) is 17.4 Å². The molecule has 7 heteroatoms. The summed E-state index contributed by atoms with van der Waals surface area (Å²) in [6.45, 7) is 4.14. The highest BCUT2D eigenvalue weighted by Gasteiger charge is 2.12. The van der Waals surface area contributed by atoms with Gasteiger partial charge in [-0.15, -0.1) is 10.2 Å². The fourth-order valence-corrected chi connectivity index (χ4v) is 3.76. The van der Waals surface area contributed by atoms with Gasteiger partial charge in [-0.05, 0) is 37.6 Å². The maximum absolute atomic E-state index is 5.70. The summed E-state index contributed by atoms with van der Waals surface area (Å²) >= 11 is 1.56. The maximum atomic E-state index is 5.70. The summed E-state index contributed by atoms with van der Waals surface area (Å²) in [7, 11) is 1.65. The molecule has 0 fully saturated rings. The Morgan fingerprint density at radius 2 is 2.04 bits per heavy atom. The van der Waals surface area contributed by atoms with E-state index < -0.39 is 0 Å². The van der Waals surface area contributed by atoms with Crippen molar-refractivity contribution in [2.45, 2.75) is 24.8 Å². The number of benzene rings is 2. The van der Waals surface area contributed by atoms with Crippen molar-refractivity contribution in [1.82, 2.24) is 19.7 Å². The van der Waals surface area contributed by atoms with E-state index in [0.717, 1.165) is 33.4 Å². The molecule has 6 nitrogen and oxygen atoms in total.